The fraction of sp³-hybridized carbons (Fsp3) is 0. The first-order chi connectivity index (χ1) is 26.6. The van der Waals surface area contributed by atoms with Crippen LogP contribution in [0.25, 0.3) is 76.5 Å². The average Bonchev–Trinajstić information content (AvgIpc) is 3.25. The smallest absolute Gasteiger partial charge is 0.188 e. The van der Waals surface area contributed by atoms with E-state index in [1.165, 1.54) is 65.3 Å². The molecule has 0 aliphatic rings. The fourth-order valence-corrected chi connectivity index (χ4v) is 10.6. The van der Waals surface area contributed by atoms with Gasteiger partial charge in [0.25, 0.3) is 0 Å². The summed E-state index contributed by atoms with van der Waals surface area (Å²) in [6, 6.07) is 69.8. The molecule has 2 nitrogen and oxygen atoms in total. The number of hydrogen-bond acceptors (Lipinski definition) is 2. The third kappa shape index (κ3) is 5.35. The molecule has 254 valence electrons. The van der Waals surface area contributed by atoms with Crippen LogP contribution in [0.1, 0.15) is 0 Å². The highest BCUT2D eigenvalue weighted by atomic mass is 31.2. The Labute approximate surface area is 314 Å². The first-order valence-electron chi connectivity index (χ1n) is 18.3. The van der Waals surface area contributed by atoms with Crippen molar-refractivity contribution in [3.8, 4) is 33.4 Å². The first kappa shape index (κ1) is 32.1. The molecule has 0 spiro atoms. The second-order valence-corrected chi connectivity index (χ2v) is 16.6. The molecule has 54 heavy (non-hydrogen) atoms. The number of rotatable bonds is 6. The summed E-state index contributed by atoms with van der Waals surface area (Å²) < 4.78 is 15.1. The SMILES string of the molecule is O=P(c1ccccc1)(c1ccccc1)c1ccc(-c2ccc3c(-c4ccc5ccccc5c4)c4ccccc4c(-c4ccc5ccccc5c4)c3c2)cn1. The molecule has 0 aliphatic carbocycles. The molecule has 0 bridgehead atoms. The van der Waals surface area contributed by atoms with Gasteiger partial charge < -0.3 is 4.57 Å². The Morgan fingerprint density at radius 2 is 0.778 bits per heavy atom. The third-order valence-electron chi connectivity index (χ3n) is 10.7. The van der Waals surface area contributed by atoms with Crippen molar-refractivity contribution < 1.29 is 4.57 Å². The molecule has 0 atom stereocenters. The van der Waals surface area contributed by atoms with E-state index in [0.717, 1.165) is 21.7 Å². The third-order valence-corrected chi connectivity index (χ3v) is 13.7. The summed E-state index contributed by atoms with van der Waals surface area (Å²) in [4.78, 5) is 4.96. The zero-order valence-electron chi connectivity index (χ0n) is 29.4. The van der Waals surface area contributed by atoms with Crippen LogP contribution in [0, 0.1) is 0 Å². The van der Waals surface area contributed by atoms with Gasteiger partial charge in [-0.3, -0.25) is 4.98 Å². The molecule has 1 heterocycles. The van der Waals surface area contributed by atoms with Crippen LogP contribution < -0.4 is 16.0 Å². The van der Waals surface area contributed by atoms with Gasteiger partial charge in [0.2, 0.25) is 0 Å². The van der Waals surface area contributed by atoms with Crippen LogP contribution in [0.4, 0.5) is 0 Å². The molecular weight excluding hydrogens is 674 g/mol. The summed E-state index contributed by atoms with van der Waals surface area (Å²) in [6.07, 6.45) is 1.88. The molecule has 0 unspecified atom stereocenters. The standard InChI is InChI=1S/C51H34NOP/c53-54(43-17-3-1-4-18-43,44-19-5-2-6-20-44)49-30-28-42(34-52-49)39-27-29-47-48(33-39)51(41-26-24-36-14-8-10-16-38(36)32-41)46-22-12-11-21-45(46)50(47)40-25-23-35-13-7-9-15-37(35)31-40/h1-34H. The molecule has 0 aliphatic heterocycles. The molecule has 0 saturated heterocycles. The van der Waals surface area contributed by atoms with E-state index in [2.05, 4.69) is 133 Å². The molecule has 10 rings (SSSR count). The van der Waals surface area contributed by atoms with E-state index >= 15 is 4.57 Å². The highest BCUT2D eigenvalue weighted by Gasteiger charge is 2.31. The van der Waals surface area contributed by atoms with Gasteiger partial charge in [0, 0.05) is 22.4 Å². The van der Waals surface area contributed by atoms with Crippen LogP contribution >= 0.6 is 7.14 Å². The van der Waals surface area contributed by atoms with Gasteiger partial charge in [-0.1, -0.05) is 176 Å². The van der Waals surface area contributed by atoms with Crippen molar-refractivity contribution in [3.63, 3.8) is 0 Å². The minimum absolute atomic E-state index is 0.575. The number of benzene rings is 9. The van der Waals surface area contributed by atoms with E-state index in [1.807, 2.05) is 72.9 Å². The van der Waals surface area contributed by atoms with Crippen molar-refractivity contribution >= 4 is 66.3 Å². The molecule has 0 N–H and O–H groups in total. The summed E-state index contributed by atoms with van der Waals surface area (Å²) in [5.41, 5.74) is 7.40. The van der Waals surface area contributed by atoms with Gasteiger partial charge in [0.1, 0.15) is 5.44 Å². The molecular formula is C51H34NOP. The summed E-state index contributed by atoms with van der Waals surface area (Å²) >= 11 is 0. The van der Waals surface area contributed by atoms with Crippen molar-refractivity contribution in [2.75, 3.05) is 0 Å². The molecule has 0 amide bonds. The van der Waals surface area contributed by atoms with Gasteiger partial charge in [-0.25, -0.2) is 0 Å². The van der Waals surface area contributed by atoms with Crippen LogP contribution in [0.2, 0.25) is 0 Å². The van der Waals surface area contributed by atoms with Crippen molar-refractivity contribution in [1.82, 2.24) is 4.98 Å². The second-order valence-electron chi connectivity index (χ2n) is 13.9. The number of hydrogen-bond donors (Lipinski definition) is 0. The van der Waals surface area contributed by atoms with Gasteiger partial charge in [0.05, 0.1) is 0 Å². The maximum atomic E-state index is 15.1. The van der Waals surface area contributed by atoms with Crippen molar-refractivity contribution in [2.45, 2.75) is 0 Å². The maximum absolute atomic E-state index is 15.1. The molecule has 9 aromatic carbocycles. The van der Waals surface area contributed by atoms with Crippen LogP contribution in [-0.4, -0.2) is 4.98 Å². The number of fused-ring (bicyclic) bond motifs is 4. The lowest BCUT2D eigenvalue weighted by molar-refractivity contribution is 0.592. The summed E-state index contributed by atoms with van der Waals surface area (Å²) in [6.45, 7) is 0. The van der Waals surface area contributed by atoms with Crippen LogP contribution in [0.5, 0.6) is 0 Å². The zero-order valence-corrected chi connectivity index (χ0v) is 30.3. The summed E-state index contributed by atoms with van der Waals surface area (Å²) in [5.74, 6) is 0. The molecule has 3 heteroatoms. The molecule has 10 aromatic rings. The Morgan fingerprint density at radius 3 is 1.31 bits per heavy atom. The highest BCUT2D eigenvalue weighted by molar-refractivity contribution is 7.85. The normalized spacial score (nSPS) is 11.8. The first-order valence-corrected chi connectivity index (χ1v) is 20.0. The van der Waals surface area contributed by atoms with Crippen molar-refractivity contribution in [3.05, 3.63) is 206 Å². The van der Waals surface area contributed by atoms with E-state index in [1.54, 1.807) is 0 Å². The van der Waals surface area contributed by atoms with E-state index in [0.29, 0.717) is 5.44 Å². The largest absolute Gasteiger partial charge is 0.307 e. The van der Waals surface area contributed by atoms with E-state index in [9.17, 15) is 0 Å². The minimum Gasteiger partial charge on any atom is -0.307 e. The number of nitrogens with zero attached hydrogens (tertiary/aromatic N) is 1. The molecule has 1 aromatic heterocycles. The van der Waals surface area contributed by atoms with Gasteiger partial charge in [0.15, 0.2) is 7.14 Å². The highest BCUT2D eigenvalue weighted by Crippen LogP contribution is 2.46. The maximum Gasteiger partial charge on any atom is 0.188 e. The Balaban J connectivity index is 1.20. The Kier molecular flexibility index (Phi) is 7.79. The quantitative estimate of drug-likeness (QED) is 0.127. The topological polar surface area (TPSA) is 30.0 Å². The van der Waals surface area contributed by atoms with Crippen LogP contribution in [-0.2, 0) is 4.57 Å². The van der Waals surface area contributed by atoms with Crippen LogP contribution in [0.15, 0.2) is 206 Å². The predicted molar refractivity (Wildman–Crippen MR) is 230 cm³/mol. The minimum atomic E-state index is -3.19. The van der Waals surface area contributed by atoms with Crippen molar-refractivity contribution in [2.24, 2.45) is 0 Å². The lowest BCUT2D eigenvalue weighted by Gasteiger charge is -2.20. The number of pyridine rings is 1. The summed E-state index contributed by atoms with van der Waals surface area (Å²) in [7, 11) is -3.19. The van der Waals surface area contributed by atoms with Crippen molar-refractivity contribution in [1.29, 1.82) is 0 Å². The monoisotopic (exact) mass is 707 g/mol. The Bertz CT molecular complexity index is 3020. The molecule has 0 fully saturated rings. The van der Waals surface area contributed by atoms with Gasteiger partial charge in [-0.15, -0.1) is 0 Å². The van der Waals surface area contributed by atoms with E-state index in [-0.39, 0.29) is 0 Å². The lowest BCUT2D eigenvalue weighted by atomic mass is 9.84. The molecule has 0 saturated carbocycles. The lowest BCUT2D eigenvalue weighted by Crippen LogP contribution is -2.26. The van der Waals surface area contributed by atoms with Gasteiger partial charge in [-0.05, 0) is 95.2 Å². The van der Waals surface area contributed by atoms with Gasteiger partial charge >= 0.3 is 0 Å². The van der Waals surface area contributed by atoms with Gasteiger partial charge in [-0.2, -0.15) is 0 Å². The Morgan fingerprint density at radius 1 is 0.333 bits per heavy atom. The average molecular weight is 708 g/mol. The molecule has 0 radical (unpaired) electrons. The summed E-state index contributed by atoms with van der Waals surface area (Å²) in [5, 5.41) is 11.2. The van der Waals surface area contributed by atoms with Crippen LogP contribution in [0.3, 0.4) is 0 Å². The van der Waals surface area contributed by atoms with E-state index < -0.39 is 7.14 Å². The second kappa shape index (κ2) is 13.1. The Hall–Kier alpha value is -6.60. The predicted octanol–water partition coefficient (Wildman–Crippen LogP) is 12.3. The fourth-order valence-electron chi connectivity index (χ4n) is 8.10. The number of aromatic nitrogens is 1. The zero-order chi connectivity index (χ0) is 36.1. The van der Waals surface area contributed by atoms with E-state index in [4.69, 9.17) is 4.98 Å².